The SMILES string of the molecule is Cc1nc2ccc(Cl)cc2c(-c2ccccc2)c1C1=NN(C(=O)c2ccc(F)cc2)C(c2cccs2)C1. The quantitative estimate of drug-likeness (QED) is 0.238. The van der Waals surface area contributed by atoms with Crippen molar-refractivity contribution in [2.45, 2.75) is 19.4 Å². The van der Waals surface area contributed by atoms with Crippen LogP contribution < -0.4 is 0 Å². The number of fused-ring (bicyclic) bond motifs is 1. The van der Waals surface area contributed by atoms with Crippen LogP contribution in [0.1, 0.15) is 39.0 Å². The van der Waals surface area contributed by atoms with E-state index < -0.39 is 0 Å². The van der Waals surface area contributed by atoms with Crippen LogP contribution in [0.2, 0.25) is 5.02 Å². The number of halogens is 2. The zero-order valence-electron chi connectivity index (χ0n) is 19.9. The summed E-state index contributed by atoms with van der Waals surface area (Å²) in [6, 6.07) is 25.1. The largest absolute Gasteiger partial charge is 0.274 e. The van der Waals surface area contributed by atoms with E-state index in [0.29, 0.717) is 17.0 Å². The molecule has 1 unspecified atom stereocenters. The second-order valence-corrected chi connectivity index (χ2v) is 10.3. The Morgan fingerprint density at radius 2 is 1.78 bits per heavy atom. The molecule has 4 nitrogen and oxygen atoms in total. The van der Waals surface area contributed by atoms with Gasteiger partial charge in [0.25, 0.3) is 5.91 Å². The highest BCUT2D eigenvalue weighted by atomic mass is 35.5. The van der Waals surface area contributed by atoms with Gasteiger partial charge in [0.15, 0.2) is 0 Å². The van der Waals surface area contributed by atoms with Gasteiger partial charge in [-0.1, -0.05) is 48.0 Å². The molecule has 0 fully saturated rings. The summed E-state index contributed by atoms with van der Waals surface area (Å²) in [5.74, 6) is -0.662. The van der Waals surface area contributed by atoms with Crippen molar-refractivity contribution in [1.82, 2.24) is 9.99 Å². The van der Waals surface area contributed by atoms with Crippen molar-refractivity contribution in [2.24, 2.45) is 5.10 Å². The Kier molecular flexibility index (Phi) is 6.07. The number of carbonyl (C=O) groups is 1. The summed E-state index contributed by atoms with van der Waals surface area (Å²) in [6.45, 7) is 1.98. The third kappa shape index (κ3) is 4.32. The van der Waals surface area contributed by atoms with Crippen LogP contribution in [0.3, 0.4) is 0 Å². The van der Waals surface area contributed by atoms with E-state index >= 15 is 0 Å². The number of nitrogens with zero attached hydrogens (tertiary/aromatic N) is 3. The molecule has 3 aromatic carbocycles. The summed E-state index contributed by atoms with van der Waals surface area (Å²) in [7, 11) is 0. The average Bonchev–Trinajstić information content (AvgIpc) is 3.59. The van der Waals surface area contributed by atoms with Crippen molar-refractivity contribution >= 4 is 45.5 Å². The van der Waals surface area contributed by atoms with Crippen LogP contribution in [0.4, 0.5) is 4.39 Å². The predicted molar refractivity (Wildman–Crippen MR) is 148 cm³/mol. The van der Waals surface area contributed by atoms with Crippen LogP contribution in [0.15, 0.2) is 95.4 Å². The summed E-state index contributed by atoms with van der Waals surface area (Å²) >= 11 is 8.01. The molecule has 37 heavy (non-hydrogen) atoms. The van der Waals surface area contributed by atoms with E-state index in [-0.39, 0.29) is 17.8 Å². The number of hydrazone groups is 1. The maximum atomic E-state index is 13.6. The number of hydrogen-bond acceptors (Lipinski definition) is 4. The van der Waals surface area contributed by atoms with Gasteiger partial charge >= 0.3 is 0 Å². The van der Waals surface area contributed by atoms with Gasteiger partial charge < -0.3 is 0 Å². The van der Waals surface area contributed by atoms with Gasteiger partial charge in [0.1, 0.15) is 5.82 Å². The minimum Gasteiger partial charge on any atom is -0.267 e. The summed E-state index contributed by atoms with van der Waals surface area (Å²) in [4.78, 5) is 19.5. The smallest absolute Gasteiger partial charge is 0.267 e. The summed E-state index contributed by atoms with van der Waals surface area (Å²) < 4.78 is 13.5. The molecule has 2 aromatic heterocycles. The highest BCUT2D eigenvalue weighted by Gasteiger charge is 2.36. The lowest BCUT2D eigenvalue weighted by atomic mass is 9.90. The first kappa shape index (κ1) is 23.5. The molecule has 0 bridgehead atoms. The van der Waals surface area contributed by atoms with Crippen LogP contribution in [0.5, 0.6) is 0 Å². The monoisotopic (exact) mass is 525 g/mol. The summed E-state index contributed by atoms with van der Waals surface area (Å²) in [5.41, 5.74) is 5.75. The van der Waals surface area contributed by atoms with E-state index in [0.717, 1.165) is 43.9 Å². The molecule has 0 N–H and O–H groups in total. The standard InChI is InChI=1S/C30H21ClFN3OS/c1-18-28(29(19-6-3-2-4-7-19)23-16-21(31)11-14-24(23)33-18)25-17-26(27-8-5-15-37-27)35(34-25)30(36)20-9-12-22(32)13-10-20/h2-16,26H,17H2,1H3. The predicted octanol–water partition coefficient (Wildman–Crippen LogP) is 8.06. The molecule has 3 heterocycles. The van der Waals surface area contributed by atoms with Gasteiger partial charge in [-0.15, -0.1) is 11.3 Å². The van der Waals surface area contributed by atoms with Crippen LogP contribution in [-0.4, -0.2) is 21.6 Å². The Morgan fingerprint density at radius 1 is 1.00 bits per heavy atom. The second kappa shape index (κ2) is 9.54. The number of amides is 1. The van der Waals surface area contributed by atoms with E-state index in [1.54, 1.807) is 11.3 Å². The first-order chi connectivity index (χ1) is 18.0. The van der Waals surface area contributed by atoms with E-state index in [1.165, 1.54) is 29.3 Å². The van der Waals surface area contributed by atoms with Crippen molar-refractivity contribution in [1.29, 1.82) is 0 Å². The second-order valence-electron chi connectivity index (χ2n) is 8.91. The molecule has 0 radical (unpaired) electrons. The zero-order chi connectivity index (χ0) is 25.5. The zero-order valence-corrected chi connectivity index (χ0v) is 21.4. The molecule has 7 heteroatoms. The molecular weight excluding hydrogens is 505 g/mol. The van der Waals surface area contributed by atoms with Gasteiger partial charge in [-0.2, -0.15) is 5.10 Å². The van der Waals surface area contributed by atoms with Gasteiger partial charge in [0, 0.05) is 44.1 Å². The normalized spacial score (nSPS) is 15.3. The Morgan fingerprint density at radius 3 is 2.51 bits per heavy atom. The molecule has 182 valence electrons. The number of rotatable bonds is 4. The third-order valence-electron chi connectivity index (χ3n) is 6.56. The average molecular weight is 526 g/mol. The Labute approximate surface area is 222 Å². The van der Waals surface area contributed by atoms with E-state index in [4.69, 9.17) is 21.7 Å². The molecule has 0 aliphatic carbocycles. The molecule has 5 aromatic rings. The summed E-state index contributed by atoms with van der Waals surface area (Å²) in [5, 5.41) is 9.99. The maximum absolute atomic E-state index is 13.6. The molecule has 6 rings (SSSR count). The highest BCUT2D eigenvalue weighted by Crippen LogP contribution is 2.41. The van der Waals surface area contributed by atoms with E-state index in [9.17, 15) is 9.18 Å². The van der Waals surface area contributed by atoms with Gasteiger partial charge in [0.05, 0.1) is 17.3 Å². The van der Waals surface area contributed by atoms with Gasteiger partial charge in [-0.3, -0.25) is 9.78 Å². The minimum absolute atomic E-state index is 0.273. The fraction of sp³-hybridized carbons (Fsp3) is 0.100. The molecule has 1 aliphatic rings. The van der Waals surface area contributed by atoms with Gasteiger partial charge in [-0.05, 0) is 66.4 Å². The maximum Gasteiger partial charge on any atom is 0.274 e. The van der Waals surface area contributed by atoms with Crippen molar-refractivity contribution in [3.63, 3.8) is 0 Å². The number of aromatic nitrogens is 1. The Balaban J connectivity index is 1.56. The van der Waals surface area contributed by atoms with Gasteiger partial charge in [0.2, 0.25) is 0 Å². The van der Waals surface area contributed by atoms with E-state index in [1.807, 2.05) is 60.8 Å². The highest BCUT2D eigenvalue weighted by molar-refractivity contribution is 7.10. The van der Waals surface area contributed by atoms with Crippen LogP contribution in [-0.2, 0) is 0 Å². The lowest BCUT2D eigenvalue weighted by molar-refractivity contribution is 0.0713. The lowest BCUT2D eigenvalue weighted by Crippen LogP contribution is -2.26. The first-order valence-corrected chi connectivity index (χ1v) is 13.1. The lowest BCUT2D eigenvalue weighted by Gasteiger charge is -2.20. The number of carbonyl (C=O) groups excluding carboxylic acids is 1. The van der Waals surface area contributed by atoms with Crippen LogP contribution in [0.25, 0.3) is 22.0 Å². The number of hydrogen-bond donors (Lipinski definition) is 0. The van der Waals surface area contributed by atoms with Gasteiger partial charge in [-0.25, -0.2) is 9.40 Å². The molecular formula is C30H21ClFN3OS. The fourth-order valence-electron chi connectivity index (χ4n) is 4.89. The Hall–Kier alpha value is -3.87. The molecule has 1 amide bonds. The van der Waals surface area contributed by atoms with Crippen molar-refractivity contribution in [3.05, 3.63) is 123 Å². The molecule has 0 saturated carbocycles. The minimum atomic E-state index is -0.388. The number of pyridine rings is 1. The van der Waals surface area contributed by atoms with Crippen LogP contribution in [0, 0.1) is 12.7 Å². The van der Waals surface area contributed by atoms with Crippen molar-refractivity contribution < 1.29 is 9.18 Å². The fourth-order valence-corrected chi connectivity index (χ4v) is 5.88. The summed E-state index contributed by atoms with van der Waals surface area (Å²) in [6.07, 6.45) is 0.530. The van der Waals surface area contributed by atoms with Crippen LogP contribution >= 0.6 is 22.9 Å². The molecule has 1 atom stereocenters. The number of benzene rings is 3. The topological polar surface area (TPSA) is 45.6 Å². The van der Waals surface area contributed by atoms with Crippen molar-refractivity contribution in [2.75, 3.05) is 0 Å². The molecule has 0 spiro atoms. The number of thiophene rings is 1. The third-order valence-corrected chi connectivity index (χ3v) is 7.77. The number of aryl methyl sites for hydroxylation is 1. The first-order valence-electron chi connectivity index (χ1n) is 11.9. The Bertz CT molecular complexity index is 1650. The van der Waals surface area contributed by atoms with Crippen molar-refractivity contribution in [3.8, 4) is 11.1 Å². The molecule has 1 aliphatic heterocycles. The van der Waals surface area contributed by atoms with E-state index in [2.05, 4.69) is 12.1 Å². The molecule has 0 saturated heterocycles.